The number of ketones is 1. The van der Waals surface area contributed by atoms with Crippen LogP contribution >= 0.6 is 0 Å². The fourth-order valence-electron chi connectivity index (χ4n) is 3.70. The third-order valence-electron chi connectivity index (χ3n) is 5.50. The Morgan fingerprint density at radius 1 is 1.21 bits per heavy atom. The van der Waals surface area contributed by atoms with Crippen molar-refractivity contribution in [2.24, 2.45) is 7.05 Å². The van der Waals surface area contributed by atoms with Gasteiger partial charge in [-0.1, -0.05) is 30.8 Å². The number of carbonyl (C=O) groups excluding carboxylic acids is 2. The number of Topliss-reactive ketones (excluding diaryl/α,β-unsaturated/α-hetero) is 1. The van der Waals surface area contributed by atoms with Crippen molar-refractivity contribution in [1.29, 1.82) is 0 Å². The highest BCUT2D eigenvalue weighted by Gasteiger charge is 2.40. The van der Waals surface area contributed by atoms with Gasteiger partial charge in [-0.3, -0.25) is 9.59 Å². The largest absolute Gasteiger partial charge is 0.438 e. The molecular weight excluding hydrogens is 368 g/mol. The molecule has 0 unspecified atom stereocenters. The van der Waals surface area contributed by atoms with E-state index in [-0.39, 0.29) is 23.8 Å². The molecule has 0 N–H and O–H groups in total. The van der Waals surface area contributed by atoms with Gasteiger partial charge in [0.15, 0.2) is 0 Å². The maximum Gasteiger partial charge on any atom is 0.411 e. The molecule has 152 valence electrons. The highest BCUT2D eigenvalue weighted by molar-refractivity contribution is 5.78. The highest BCUT2D eigenvalue weighted by Crippen LogP contribution is 2.33. The number of nitrogens with zero attached hydrogens (tertiary/aromatic N) is 2. The Morgan fingerprint density at radius 3 is 2.41 bits per heavy atom. The number of hydrogen-bond donors (Lipinski definition) is 0. The summed E-state index contributed by atoms with van der Waals surface area (Å²) in [7, 11) is 1.72. The van der Waals surface area contributed by atoms with Crippen molar-refractivity contribution in [3.05, 3.63) is 71.2 Å². The van der Waals surface area contributed by atoms with E-state index < -0.39 is 11.7 Å². The fourth-order valence-corrected chi connectivity index (χ4v) is 3.70. The number of amides is 1. The number of aromatic nitrogens is 1. The van der Waals surface area contributed by atoms with Crippen LogP contribution in [0.5, 0.6) is 0 Å². The maximum atomic E-state index is 12.6. The van der Waals surface area contributed by atoms with Crippen LogP contribution in [0.2, 0.25) is 0 Å². The Labute approximate surface area is 170 Å². The molecule has 1 aromatic heterocycles. The Balaban J connectivity index is 1.75. The second kappa shape index (κ2) is 8.07. The third kappa shape index (κ3) is 4.31. The lowest BCUT2D eigenvalue weighted by Crippen LogP contribution is -2.50. The van der Waals surface area contributed by atoms with Crippen molar-refractivity contribution in [1.82, 2.24) is 9.47 Å². The first kappa shape index (κ1) is 20.6. The predicted octanol–water partition coefficient (Wildman–Crippen LogP) is 3.86. The van der Waals surface area contributed by atoms with E-state index in [9.17, 15) is 14.4 Å². The first-order chi connectivity index (χ1) is 13.7. The number of benzene rings is 1. The van der Waals surface area contributed by atoms with E-state index in [4.69, 9.17) is 4.74 Å². The molecule has 0 bridgehead atoms. The standard InChI is InChI=1S/C23H26N2O4/c1-5-23(14-16(2)26)12-13-25(22(28)29-23)17(3)18-6-8-19(9-7-18)20-10-11-21(27)24(4)15-20/h5-11,15,17H,1,12-14H2,2-4H3/t17-,23-/m0/s1. The lowest BCUT2D eigenvalue weighted by Gasteiger charge is -2.41. The molecule has 1 fully saturated rings. The topological polar surface area (TPSA) is 68.6 Å². The third-order valence-corrected chi connectivity index (χ3v) is 5.50. The van der Waals surface area contributed by atoms with Crippen molar-refractivity contribution in [2.75, 3.05) is 6.54 Å². The van der Waals surface area contributed by atoms with Crippen LogP contribution in [0.4, 0.5) is 4.79 Å². The molecule has 29 heavy (non-hydrogen) atoms. The first-order valence-corrected chi connectivity index (χ1v) is 9.64. The van der Waals surface area contributed by atoms with Crippen LogP contribution in [0.25, 0.3) is 11.1 Å². The first-order valence-electron chi connectivity index (χ1n) is 9.64. The molecule has 0 saturated carbocycles. The minimum absolute atomic E-state index is 0.0341. The van der Waals surface area contributed by atoms with Crippen molar-refractivity contribution in [2.45, 2.75) is 38.3 Å². The summed E-state index contributed by atoms with van der Waals surface area (Å²) in [4.78, 5) is 37.4. The molecule has 1 aliphatic heterocycles. The zero-order valence-electron chi connectivity index (χ0n) is 17.1. The van der Waals surface area contributed by atoms with Gasteiger partial charge < -0.3 is 14.2 Å². The molecule has 1 amide bonds. The molecule has 1 aromatic carbocycles. The summed E-state index contributed by atoms with van der Waals surface area (Å²) in [5, 5.41) is 0. The molecule has 0 aliphatic carbocycles. The van der Waals surface area contributed by atoms with Crippen molar-refractivity contribution < 1.29 is 14.3 Å². The molecule has 3 rings (SSSR count). The van der Waals surface area contributed by atoms with Crippen LogP contribution in [0, 0.1) is 0 Å². The van der Waals surface area contributed by atoms with E-state index in [0.717, 1.165) is 16.7 Å². The van der Waals surface area contributed by atoms with E-state index >= 15 is 0 Å². The van der Waals surface area contributed by atoms with Gasteiger partial charge in [0.25, 0.3) is 0 Å². The van der Waals surface area contributed by atoms with E-state index in [1.807, 2.05) is 31.2 Å². The average molecular weight is 394 g/mol. The Bertz CT molecular complexity index is 993. The zero-order valence-corrected chi connectivity index (χ0v) is 17.1. The summed E-state index contributed by atoms with van der Waals surface area (Å²) >= 11 is 0. The smallest absolute Gasteiger partial charge is 0.411 e. The van der Waals surface area contributed by atoms with Gasteiger partial charge >= 0.3 is 6.09 Å². The number of pyridine rings is 1. The van der Waals surface area contributed by atoms with Crippen LogP contribution in [0.1, 0.15) is 38.3 Å². The summed E-state index contributed by atoms with van der Waals surface area (Å²) in [5.74, 6) is -0.0341. The number of cyclic esters (lactones) is 1. The van der Waals surface area contributed by atoms with Crippen LogP contribution in [0.15, 0.2) is 60.0 Å². The number of carbonyl (C=O) groups is 2. The van der Waals surface area contributed by atoms with Gasteiger partial charge in [-0.2, -0.15) is 0 Å². The summed E-state index contributed by atoms with van der Waals surface area (Å²) in [6, 6.07) is 11.1. The normalized spacial score (nSPS) is 20.1. The second-order valence-electron chi connectivity index (χ2n) is 7.62. The van der Waals surface area contributed by atoms with E-state index in [1.165, 1.54) is 6.92 Å². The minimum Gasteiger partial charge on any atom is -0.438 e. The Morgan fingerprint density at radius 2 is 1.86 bits per heavy atom. The molecule has 1 aliphatic rings. The van der Waals surface area contributed by atoms with Gasteiger partial charge in [0.2, 0.25) is 5.56 Å². The van der Waals surface area contributed by atoms with Crippen LogP contribution in [0.3, 0.4) is 0 Å². The Kier molecular flexibility index (Phi) is 5.73. The van der Waals surface area contributed by atoms with Gasteiger partial charge in [0.1, 0.15) is 11.4 Å². The van der Waals surface area contributed by atoms with Gasteiger partial charge in [-0.05, 0) is 42.7 Å². The lowest BCUT2D eigenvalue weighted by atomic mass is 9.91. The van der Waals surface area contributed by atoms with Crippen LogP contribution < -0.4 is 5.56 Å². The molecule has 2 aromatic rings. The van der Waals surface area contributed by atoms with Crippen LogP contribution in [-0.4, -0.2) is 33.5 Å². The number of hydrogen-bond acceptors (Lipinski definition) is 4. The number of aryl methyl sites for hydroxylation is 1. The fraction of sp³-hybridized carbons (Fsp3) is 0.348. The minimum atomic E-state index is -0.910. The average Bonchev–Trinajstić information content (AvgIpc) is 2.69. The molecule has 2 atom stereocenters. The van der Waals surface area contributed by atoms with E-state index in [1.54, 1.807) is 40.9 Å². The molecule has 0 radical (unpaired) electrons. The monoisotopic (exact) mass is 394 g/mol. The van der Waals surface area contributed by atoms with Gasteiger partial charge in [0.05, 0.1) is 6.04 Å². The highest BCUT2D eigenvalue weighted by atomic mass is 16.6. The molecular formula is C23H26N2O4. The summed E-state index contributed by atoms with van der Waals surface area (Å²) in [6.07, 6.45) is 3.61. The SMILES string of the molecule is C=C[C@@]1(CC(C)=O)CCN([C@@H](C)c2ccc(-c3ccc(=O)n(C)c3)cc2)C(=O)O1. The van der Waals surface area contributed by atoms with Crippen molar-refractivity contribution in [3.8, 4) is 11.1 Å². The quantitative estimate of drug-likeness (QED) is 0.698. The second-order valence-corrected chi connectivity index (χ2v) is 7.62. The molecule has 2 heterocycles. The van der Waals surface area contributed by atoms with E-state index in [0.29, 0.717) is 13.0 Å². The number of rotatable bonds is 6. The Hall–Kier alpha value is -3.15. The predicted molar refractivity (Wildman–Crippen MR) is 112 cm³/mol. The van der Waals surface area contributed by atoms with Crippen LogP contribution in [-0.2, 0) is 16.6 Å². The van der Waals surface area contributed by atoms with Gasteiger partial charge in [-0.25, -0.2) is 4.79 Å². The van der Waals surface area contributed by atoms with Crippen molar-refractivity contribution in [3.63, 3.8) is 0 Å². The van der Waals surface area contributed by atoms with Crippen molar-refractivity contribution >= 4 is 11.9 Å². The summed E-state index contributed by atoms with van der Waals surface area (Å²) in [6.45, 7) is 7.68. The lowest BCUT2D eigenvalue weighted by molar-refractivity contribution is -0.122. The van der Waals surface area contributed by atoms with Gasteiger partial charge in [-0.15, -0.1) is 0 Å². The zero-order chi connectivity index (χ0) is 21.2. The molecule has 0 spiro atoms. The molecule has 1 saturated heterocycles. The molecule has 6 heteroatoms. The summed E-state index contributed by atoms with van der Waals surface area (Å²) in [5.41, 5.74) is 1.96. The maximum absolute atomic E-state index is 12.6. The van der Waals surface area contributed by atoms with Gasteiger partial charge in [0, 0.05) is 38.7 Å². The molecule has 6 nitrogen and oxygen atoms in total. The number of ether oxygens (including phenoxy) is 1. The van der Waals surface area contributed by atoms with E-state index in [2.05, 4.69) is 6.58 Å². The summed E-state index contributed by atoms with van der Waals surface area (Å²) < 4.78 is 7.17.